The smallest absolute Gasteiger partial charge is 0.267 e. The minimum atomic E-state index is -0.534. The number of anilines is 1. The monoisotopic (exact) mass is 369 g/mol. The number of amides is 1. The van der Waals surface area contributed by atoms with Crippen molar-refractivity contribution in [2.24, 2.45) is 0 Å². The van der Waals surface area contributed by atoms with E-state index in [-0.39, 0.29) is 5.57 Å². The van der Waals surface area contributed by atoms with Crippen LogP contribution >= 0.6 is 23.2 Å². The Hall–Kier alpha value is -1.74. The Bertz CT molecular complexity index is 612. The van der Waals surface area contributed by atoms with Crippen LogP contribution in [0.15, 0.2) is 30.0 Å². The molecular weight excluding hydrogens is 349 g/mol. The van der Waals surface area contributed by atoms with E-state index >= 15 is 0 Å². The Labute approximate surface area is 152 Å². The van der Waals surface area contributed by atoms with Gasteiger partial charge in [0, 0.05) is 31.0 Å². The summed E-state index contributed by atoms with van der Waals surface area (Å²) in [6, 6.07) is 6.57. The van der Waals surface area contributed by atoms with E-state index in [1.54, 1.807) is 12.1 Å². The minimum Gasteiger partial charge on any atom is -0.390 e. The van der Waals surface area contributed by atoms with Crippen molar-refractivity contribution in [3.05, 3.63) is 40.0 Å². The summed E-state index contributed by atoms with van der Waals surface area (Å²) >= 11 is 11.8. The normalized spacial score (nSPS) is 11.0. The molecule has 0 atom stereocenters. The number of rotatable bonds is 10. The van der Waals surface area contributed by atoms with Crippen LogP contribution < -0.4 is 10.6 Å². The zero-order valence-corrected chi connectivity index (χ0v) is 15.1. The van der Waals surface area contributed by atoms with Crippen molar-refractivity contribution >= 4 is 34.8 Å². The Kier molecular flexibility index (Phi) is 9.94. The molecule has 7 heteroatoms. The summed E-state index contributed by atoms with van der Waals surface area (Å²) < 4.78 is 5.43. The van der Waals surface area contributed by atoms with Gasteiger partial charge in [-0.05, 0) is 31.0 Å². The number of halogens is 2. The van der Waals surface area contributed by atoms with Crippen molar-refractivity contribution in [2.45, 2.75) is 26.2 Å². The first kappa shape index (κ1) is 20.3. The SMILES string of the molecule is CCCCOCCCN/C=C(/C#N)C(=O)Nc1ccc(Cl)cc1Cl. The van der Waals surface area contributed by atoms with Crippen molar-refractivity contribution in [3.8, 4) is 6.07 Å². The molecule has 0 radical (unpaired) electrons. The maximum absolute atomic E-state index is 12.1. The number of hydrogen-bond acceptors (Lipinski definition) is 4. The first-order valence-corrected chi connectivity index (χ1v) is 8.52. The number of benzene rings is 1. The van der Waals surface area contributed by atoms with Gasteiger partial charge in [-0.1, -0.05) is 36.5 Å². The number of carbonyl (C=O) groups is 1. The summed E-state index contributed by atoms with van der Waals surface area (Å²) in [6.45, 7) is 4.14. The highest BCUT2D eigenvalue weighted by molar-refractivity contribution is 6.36. The molecule has 1 rings (SSSR count). The summed E-state index contributed by atoms with van der Waals surface area (Å²) in [7, 11) is 0. The Morgan fingerprint density at radius 1 is 1.33 bits per heavy atom. The number of carbonyl (C=O) groups excluding carboxylic acids is 1. The minimum absolute atomic E-state index is 0.0343. The van der Waals surface area contributed by atoms with E-state index in [9.17, 15) is 4.79 Å². The molecule has 0 aliphatic carbocycles. The Morgan fingerprint density at radius 2 is 2.08 bits per heavy atom. The second kappa shape index (κ2) is 11.7. The number of hydrogen-bond donors (Lipinski definition) is 2. The summed E-state index contributed by atoms with van der Waals surface area (Å²) in [5.74, 6) is -0.534. The molecule has 130 valence electrons. The van der Waals surface area contributed by atoms with Gasteiger partial charge in [0.1, 0.15) is 11.6 Å². The molecule has 0 aliphatic heterocycles. The third kappa shape index (κ3) is 7.69. The maximum Gasteiger partial charge on any atom is 0.267 e. The molecule has 0 spiro atoms. The van der Waals surface area contributed by atoms with Crippen LogP contribution in [-0.4, -0.2) is 25.7 Å². The number of ether oxygens (including phenoxy) is 1. The van der Waals surface area contributed by atoms with E-state index in [4.69, 9.17) is 33.2 Å². The highest BCUT2D eigenvalue weighted by atomic mass is 35.5. The molecule has 0 saturated carbocycles. The molecule has 0 bridgehead atoms. The van der Waals surface area contributed by atoms with Crippen LogP contribution in [-0.2, 0) is 9.53 Å². The second-order valence-corrected chi connectivity index (χ2v) is 5.87. The fraction of sp³-hybridized carbons (Fsp3) is 0.412. The van der Waals surface area contributed by atoms with Crippen molar-refractivity contribution in [2.75, 3.05) is 25.1 Å². The second-order valence-electron chi connectivity index (χ2n) is 5.02. The average Bonchev–Trinajstić information content (AvgIpc) is 2.56. The third-order valence-electron chi connectivity index (χ3n) is 3.04. The first-order chi connectivity index (χ1) is 11.6. The third-order valence-corrected chi connectivity index (χ3v) is 3.59. The summed E-state index contributed by atoms with van der Waals surface area (Å²) in [4.78, 5) is 12.1. The lowest BCUT2D eigenvalue weighted by molar-refractivity contribution is -0.112. The topological polar surface area (TPSA) is 74.1 Å². The fourth-order valence-electron chi connectivity index (χ4n) is 1.73. The lowest BCUT2D eigenvalue weighted by atomic mass is 10.2. The van der Waals surface area contributed by atoms with E-state index in [1.807, 2.05) is 6.07 Å². The number of nitrogens with zero attached hydrogens (tertiary/aromatic N) is 1. The molecule has 0 fully saturated rings. The molecule has 2 N–H and O–H groups in total. The van der Waals surface area contributed by atoms with Gasteiger partial charge in [-0.15, -0.1) is 0 Å². The molecule has 24 heavy (non-hydrogen) atoms. The Morgan fingerprint density at radius 3 is 2.75 bits per heavy atom. The fourth-order valence-corrected chi connectivity index (χ4v) is 2.18. The highest BCUT2D eigenvalue weighted by Gasteiger charge is 2.11. The van der Waals surface area contributed by atoms with Gasteiger partial charge >= 0.3 is 0 Å². The van der Waals surface area contributed by atoms with E-state index in [0.29, 0.717) is 28.9 Å². The van der Waals surface area contributed by atoms with Crippen molar-refractivity contribution in [3.63, 3.8) is 0 Å². The van der Waals surface area contributed by atoms with Crippen LogP contribution in [0.2, 0.25) is 10.0 Å². The van der Waals surface area contributed by atoms with Crippen LogP contribution in [0.25, 0.3) is 0 Å². The molecule has 0 unspecified atom stereocenters. The van der Waals surface area contributed by atoms with Gasteiger partial charge in [0.15, 0.2) is 0 Å². The van der Waals surface area contributed by atoms with Crippen molar-refractivity contribution in [1.82, 2.24) is 5.32 Å². The van der Waals surface area contributed by atoms with Gasteiger partial charge in [-0.2, -0.15) is 5.26 Å². The molecule has 0 heterocycles. The lowest BCUT2D eigenvalue weighted by Crippen LogP contribution is -2.18. The van der Waals surface area contributed by atoms with Gasteiger partial charge < -0.3 is 15.4 Å². The molecule has 0 saturated heterocycles. The first-order valence-electron chi connectivity index (χ1n) is 7.76. The summed E-state index contributed by atoms with van der Waals surface area (Å²) in [5, 5.41) is 15.4. The zero-order chi connectivity index (χ0) is 17.8. The molecule has 5 nitrogen and oxygen atoms in total. The molecule has 0 aromatic heterocycles. The zero-order valence-electron chi connectivity index (χ0n) is 13.6. The molecule has 0 aliphatic rings. The predicted molar refractivity (Wildman–Crippen MR) is 97.1 cm³/mol. The van der Waals surface area contributed by atoms with E-state index in [2.05, 4.69) is 17.6 Å². The standard InChI is InChI=1S/C17H21Cl2N3O2/c1-2-3-8-24-9-4-7-21-12-13(11-20)17(23)22-16-6-5-14(18)10-15(16)19/h5-6,10,12,21H,2-4,7-9H2,1H3,(H,22,23)/b13-12-. The molecule has 1 aromatic rings. The lowest BCUT2D eigenvalue weighted by Gasteiger charge is -2.07. The number of nitriles is 1. The number of nitrogens with one attached hydrogen (secondary N) is 2. The highest BCUT2D eigenvalue weighted by Crippen LogP contribution is 2.25. The van der Waals surface area contributed by atoms with Crippen molar-refractivity contribution < 1.29 is 9.53 Å². The van der Waals surface area contributed by atoms with Crippen LogP contribution in [0.4, 0.5) is 5.69 Å². The van der Waals surface area contributed by atoms with Crippen LogP contribution in [0.5, 0.6) is 0 Å². The van der Waals surface area contributed by atoms with Crippen LogP contribution in [0, 0.1) is 11.3 Å². The quantitative estimate of drug-likeness (QED) is 0.369. The van der Waals surface area contributed by atoms with Gasteiger partial charge in [0.05, 0.1) is 10.7 Å². The molecule has 1 aromatic carbocycles. The Balaban J connectivity index is 2.41. The van der Waals surface area contributed by atoms with Gasteiger partial charge in [-0.3, -0.25) is 4.79 Å². The van der Waals surface area contributed by atoms with E-state index < -0.39 is 5.91 Å². The summed E-state index contributed by atoms with van der Waals surface area (Å²) in [5.41, 5.74) is 0.365. The van der Waals surface area contributed by atoms with Crippen LogP contribution in [0.3, 0.4) is 0 Å². The maximum atomic E-state index is 12.1. The molecule has 1 amide bonds. The number of unbranched alkanes of at least 4 members (excludes halogenated alkanes) is 1. The predicted octanol–water partition coefficient (Wildman–Crippen LogP) is 4.14. The van der Waals surface area contributed by atoms with Crippen LogP contribution in [0.1, 0.15) is 26.2 Å². The van der Waals surface area contributed by atoms with Gasteiger partial charge in [0.2, 0.25) is 0 Å². The molecular formula is C17H21Cl2N3O2. The van der Waals surface area contributed by atoms with Crippen molar-refractivity contribution in [1.29, 1.82) is 5.26 Å². The average molecular weight is 370 g/mol. The van der Waals surface area contributed by atoms with E-state index in [1.165, 1.54) is 12.3 Å². The van der Waals surface area contributed by atoms with Gasteiger partial charge in [0.25, 0.3) is 5.91 Å². The van der Waals surface area contributed by atoms with E-state index in [0.717, 1.165) is 25.9 Å². The van der Waals surface area contributed by atoms with Gasteiger partial charge in [-0.25, -0.2) is 0 Å². The summed E-state index contributed by atoms with van der Waals surface area (Å²) in [6.07, 6.45) is 4.35. The largest absolute Gasteiger partial charge is 0.390 e.